The molecule has 2 aliphatic rings. The molecule has 0 saturated carbocycles. The highest BCUT2D eigenvalue weighted by Gasteiger charge is 2.39. The first-order chi connectivity index (χ1) is 20.4. The first kappa shape index (κ1) is 27.6. The Morgan fingerprint density at radius 1 is 1.07 bits per heavy atom. The number of carbonyl (C=O) groups is 2. The number of hydrogen-bond acceptors (Lipinski definition) is 7. The van der Waals surface area contributed by atoms with Crippen molar-refractivity contribution < 1.29 is 23.8 Å². The van der Waals surface area contributed by atoms with Crippen molar-refractivity contribution >= 4 is 28.3 Å². The van der Waals surface area contributed by atoms with Gasteiger partial charge in [-0.3, -0.25) is 19.8 Å². The number of nitrogens with zero attached hydrogens (tertiary/aromatic N) is 3. The van der Waals surface area contributed by atoms with Crippen LogP contribution in [0, 0.1) is 17.7 Å². The summed E-state index contributed by atoms with van der Waals surface area (Å²) in [6.07, 6.45) is 1.54. The topological polar surface area (TPSA) is 95.0 Å². The van der Waals surface area contributed by atoms with Gasteiger partial charge in [0.05, 0.1) is 13.2 Å². The van der Waals surface area contributed by atoms with Gasteiger partial charge in [0.15, 0.2) is 5.13 Å². The maximum absolute atomic E-state index is 14.2. The van der Waals surface area contributed by atoms with Crippen molar-refractivity contribution in [1.82, 2.24) is 14.8 Å². The molecule has 0 spiro atoms. The number of phenols is 1. The Kier molecular flexibility index (Phi) is 7.97. The number of fused-ring (bicyclic) bond motifs is 1. The zero-order valence-corrected chi connectivity index (χ0v) is 23.4. The zero-order valence-electron chi connectivity index (χ0n) is 22.5. The fourth-order valence-corrected chi connectivity index (χ4v) is 5.65. The summed E-state index contributed by atoms with van der Waals surface area (Å²) in [6, 6.07) is 15.5. The average Bonchev–Trinajstić information content (AvgIpc) is 3.63. The molecule has 1 atom stereocenters. The molecule has 0 radical (unpaired) electrons. The number of phenolic OH excluding ortho intramolecular Hbond substituents is 1. The summed E-state index contributed by atoms with van der Waals surface area (Å²) in [5, 5.41) is 15.2. The second kappa shape index (κ2) is 12.1. The Balaban J connectivity index is 1.22. The van der Waals surface area contributed by atoms with Gasteiger partial charge in [0.25, 0.3) is 11.8 Å². The molecule has 212 valence electrons. The van der Waals surface area contributed by atoms with Gasteiger partial charge in [0.1, 0.15) is 17.6 Å². The molecular formula is C32H27FN4O4S. The zero-order chi connectivity index (χ0) is 29.1. The van der Waals surface area contributed by atoms with E-state index in [1.165, 1.54) is 34.1 Å². The van der Waals surface area contributed by atoms with Gasteiger partial charge < -0.3 is 14.7 Å². The van der Waals surface area contributed by atoms with Crippen LogP contribution in [0.25, 0.3) is 0 Å². The maximum Gasteiger partial charge on any atom is 0.255 e. The molecule has 4 aromatic rings. The third kappa shape index (κ3) is 6.04. The van der Waals surface area contributed by atoms with Crippen LogP contribution in [0.3, 0.4) is 0 Å². The molecular weight excluding hydrogens is 555 g/mol. The summed E-state index contributed by atoms with van der Waals surface area (Å²) in [5.74, 6) is 4.35. The van der Waals surface area contributed by atoms with Gasteiger partial charge in [-0.25, -0.2) is 9.37 Å². The summed E-state index contributed by atoms with van der Waals surface area (Å²) in [4.78, 5) is 34.8. The quantitative estimate of drug-likeness (QED) is 0.324. The molecule has 3 aromatic carbocycles. The number of amides is 2. The summed E-state index contributed by atoms with van der Waals surface area (Å²) in [7, 11) is 0. The second-order valence-electron chi connectivity index (χ2n) is 10.1. The number of carbonyl (C=O) groups excluding carboxylic acids is 2. The van der Waals surface area contributed by atoms with Crippen LogP contribution in [0.4, 0.5) is 9.52 Å². The second-order valence-corrected chi connectivity index (χ2v) is 11.0. The predicted octanol–water partition coefficient (Wildman–Crippen LogP) is 4.56. The Hall–Kier alpha value is -4.56. The largest absolute Gasteiger partial charge is 0.508 e. The van der Waals surface area contributed by atoms with Crippen LogP contribution in [0.15, 0.2) is 72.2 Å². The molecule has 1 aromatic heterocycles. The number of benzene rings is 3. The average molecular weight is 583 g/mol. The molecule has 1 unspecified atom stereocenters. The van der Waals surface area contributed by atoms with E-state index in [2.05, 4.69) is 39.2 Å². The van der Waals surface area contributed by atoms with Crippen molar-refractivity contribution in [2.24, 2.45) is 0 Å². The van der Waals surface area contributed by atoms with E-state index in [-0.39, 0.29) is 17.9 Å². The number of nitrogens with one attached hydrogen (secondary N) is 1. The van der Waals surface area contributed by atoms with Gasteiger partial charge in [-0.15, -0.1) is 11.3 Å². The highest BCUT2D eigenvalue weighted by molar-refractivity contribution is 7.13. The van der Waals surface area contributed by atoms with Crippen molar-refractivity contribution in [3.8, 4) is 17.6 Å². The molecule has 8 nitrogen and oxygen atoms in total. The number of aromatic nitrogens is 1. The number of ether oxygens (including phenoxy) is 1. The molecule has 0 aliphatic carbocycles. The van der Waals surface area contributed by atoms with E-state index < -0.39 is 23.7 Å². The van der Waals surface area contributed by atoms with Gasteiger partial charge in [-0.1, -0.05) is 30.0 Å². The maximum atomic E-state index is 14.2. The van der Waals surface area contributed by atoms with Crippen molar-refractivity contribution in [3.63, 3.8) is 0 Å². The molecule has 0 bridgehead atoms. The minimum Gasteiger partial charge on any atom is -0.508 e. The monoisotopic (exact) mass is 582 g/mol. The van der Waals surface area contributed by atoms with E-state index in [4.69, 9.17) is 4.74 Å². The van der Waals surface area contributed by atoms with E-state index >= 15 is 0 Å². The van der Waals surface area contributed by atoms with Crippen LogP contribution in [0.1, 0.15) is 44.2 Å². The highest BCUT2D eigenvalue weighted by atomic mass is 32.1. The fraction of sp³-hybridized carbons (Fsp3) is 0.219. The minimum atomic E-state index is -1.28. The van der Waals surface area contributed by atoms with Crippen molar-refractivity contribution in [2.45, 2.75) is 19.1 Å². The molecule has 10 heteroatoms. The molecule has 1 fully saturated rings. The van der Waals surface area contributed by atoms with E-state index in [1.54, 1.807) is 11.4 Å². The van der Waals surface area contributed by atoms with Crippen LogP contribution in [0.5, 0.6) is 5.75 Å². The third-order valence-electron chi connectivity index (χ3n) is 7.26. The molecule has 2 aliphatic heterocycles. The number of anilines is 1. The van der Waals surface area contributed by atoms with E-state index in [9.17, 15) is 19.1 Å². The molecule has 2 amide bonds. The van der Waals surface area contributed by atoms with E-state index in [1.807, 2.05) is 24.3 Å². The molecule has 2 N–H and O–H groups in total. The van der Waals surface area contributed by atoms with E-state index in [0.717, 1.165) is 50.5 Å². The van der Waals surface area contributed by atoms with Gasteiger partial charge in [0.2, 0.25) is 0 Å². The summed E-state index contributed by atoms with van der Waals surface area (Å²) >= 11 is 1.21. The lowest BCUT2D eigenvalue weighted by Crippen LogP contribution is -2.37. The number of hydrogen-bond donors (Lipinski definition) is 2. The Bertz CT molecular complexity index is 1680. The first-order valence-electron chi connectivity index (χ1n) is 13.5. The Morgan fingerprint density at radius 3 is 2.60 bits per heavy atom. The predicted molar refractivity (Wildman–Crippen MR) is 156 cm³/mol. The summed E-state index contributed by atoms with van der Waals surface area (Å²) in [6.45, 7) is 4.36. The smallest absolute Gasteiger partial charge is 0.255 e. The summed E-state index contributed by atoms with van der Waals surface area (Å²) < 4.78 is 19.6. The SMILES string of the molecule is O=C(Nc1nccs1)C(c1cc(F)ccc1O)N1Cc2ccc(C#Cc3ccc(CN4CCOCC4)cc3)cc2C1=O. The fourth-order valence-electron chi connectivity index (χ4n) is 5.12. The summed E-state index contributed by atoms with van der Waals surface area (Å²) in [5.41, 5.74) is 3.82. The number of thiazole rings is 1. The number of rotatable bonds is 6. The number of aromatic hydroxyl groups is 1. The lowest BCUT2D eigenvalue weighted by molar-refractivity contribution is -0.120. The van der Waals surface area contributed by atoms with Gasteiger partial charge in [-0.05, 0) is 53.6 Å². The van der Waals surface area contributed by atoms with Crippen molar-refractivity contribution in [2.75, 3.05) is 31.6 Å². The lowest BCUT2D eigenvalue weighted by atomic mass is 10.0. The van der Waals surface area contributed by atoms with Gasteiger partial charge >= 0.3 is 0 Å². The van der Waals surface area contributed by atoms with Crippen LogP contribution in [-0.2, 0) is 22.6 Å². The number of halogens is 1. The van der Waals surface area contributed by atoms with Gasteiger partial charge in [-0.2, -0.15) is 0 Å². The van der Waals surface area contributed by atoms with Crippen LogP contribution in [0.2, 0.25) is 0 Å². The molecule has 42 heavy (non-hydrogen) atoms. The molecule has 1 saturated heterocycles. The lowest BCUT2D eigenvalue weighted by Gasteiger charge is -2.27. The Morgan fingerprint density at radius 2 is 1.83 bits per heavy atom. The number of morpholine rings is 1. The standard InChI is InChI=1S/C32H27FN4O4S/c33-25-9-10-28(38)27(18-25)29(30(39)35-32-34-11-16-42-32)37-20-24-8-7-22(17-26(24)31(37)40)4-1-21-2-5-23(6-3-21)19-36-12-14-41-15-13-36/h2-3,5-11,16-18,29,38H,12-15,19-20H2,(H,34,35,39). The van der Waals surface area contributed by atoms with Crippen LogP contribution in [-0.4, -0.2) is 58.0 Å². The minimum absolute atomic E-state index is 0.0118. The highest BCUT2D eigenvalue weighted by Crippen LogP contribution is 2.36. The molecule has 3 heterocycles. The first-order valence-corrected chi connectivity index (χ1v) is 14.4. The van der Waals surface area contributed by atoms with Crippen molar-refractivity contribution in [1.29, 1.82) is 0 Å². The van der Waals surface area contributed by atoms with Crippen molar-refractivity contribution in [3.05, 3.63) is 111 Å². The molecule has 6 rings (SSSR count). The van der Waals surface area contributed by atoms with Crippen LogP contribution >= 0.6 is 11.3 Å². The normalized spacial score (nSPS) is 15.5. The Labute approximate surface area is 246 Å². The van der Waals surface area contributed by atoms with Crippen LogP contribution < -0.4 is 5.32 Å². The van der Waals surface area contributed by atoms with E-state index in [0.29, 0.717) is 21.8 Å². The van der Waals surface area contributed by atoms with Gasteiger partial charge in [0, 0.05) is 60.0 Å². The third-order valence-corrected chi connectivity index (χ3v) is 7.95.